The summed E-state index contributed by atoms with van der Waals surface area (Å²) >= 11 is 0. The van der Waals surface area contributed by atoms with E-state index < -0.39 is 5.41 Å². The number of para-hydroxylation sites is 1. The highest BCUT2D eigenvalue weighted by molar-refractivity contribution is 5.84. The molecule has 0 saturated heterocycles. The van der Waals surface area contributed by atoms with Gasteiger partial charge in [0, 0.05) is 19.3 Å². The van der Waals surface area contributed by atoms with Crippen LogP contribution in [0.4, 0.5) is 0 Å². The van der Waals surface area contributed by atoms with Crippen LogP contribution < -0.4 is 5.32 Å². The molecule has 0 aliphatic carbocycles. The second kappa shape index (κ2) is 5.67. The number of nitrogens with one attached hydrogen (secondary N) is 1. The molecule has 0 unspecified atom stereocenters. The van der Waals surface area contributed by atoms with Crippen molar-refractivity contribution in [1.82, 2.24) is 9.88 Å². The molecule has 0 aliphatic heterocycles. The molecular weight excluding hydrogens is 252 g/mol. The minimum Gasteiger partial charge on any atom is -0.469 e. The lowest BCUT2D eigenvalue weighted by molar-refractivity contribution is -0.151. The van der Waals surface area contributed by atoms with Gasteiger partial charge in [0.1, 0.15) is 0 Å². The van der Waals surface area contributed by atoms with Crippen LogP contribution in [0, 0.1) is 5.41 Å². The van der Waals surface area contributed by atoms with Gasteiger partial charge >= 0.3 is 5.97 Å². The standard InChI is InChI=1S/C16H22N2O2/c1-16(2,15(19)20-4)11-18-9-8-12-6-5-7-13(10-17-3)14(12)18/h5-9,17H,10-11H2,1-4H3. The Hall–Kier alpha value is -1.81. The lowest BCUT2D eigenvalue weighted by Crippen LogP contribution is -2.30. The van der Waals surface area contributed by atoms with E-state index in [-0.39, 0.29) is 5.97 Å². The molecule has 4 nitrogen and oxygen atoms in total. The maximum Gasteiger partial charge on any atom is 0.313 e. The third-order valence-electron chi connectivity index (χ3n) is 3.54. The van der Waals surface area contributed by atoms with E-state index in [0.29, 0.717) is 6.54 Å². The number of aromatic nitrogens is 1. The smallest absolute Gasteiger partial charge is 0.313 e. The predicted octanol–water partition coefficient (Wildman–Crippen LogP) is 2.56. The van der Waals surface area contributed by atoms with Crippen molar-refractivity contribution in [2.75, 3.05) is 14.2 Å². The number of hydrogen-bond acceptors (Lipinski definition) is 3. The Balaban J connectivity index is 2.42. The fourth-order valence-corrected chi connectivity index (χ4v) is 2.57. The first-order valence-corrected chi connectivity index (χ1v) is 6.79. The van der Waals surface area contributed by atoms with Crippen molar-refractivity contribution in [1.29, 1.82) is 0 Å². The van der Waals surface area contributed by atoms with Crippen molar-refractivity contribution in [3.63, 3.8) is 0 Å². The lowest BCUT2D eigenvalue weighted by atomic mass is 9.93. The average molecular weight is 274 g/mol. The number of nitrogens with zero attached hydrogens (tertiary/aromatic N) is 1. The van der Waals surface area contributed by atoms with Crippen LogP contribution in [-0.2, 0) is 22.6 Å². The molecule has 0 radical (unpaired) electrons. The van der Waals surface area contributed by atoms with Gasteiger partial charge in [-0.1, -0.05) is 18.2 Å². The predicted molar refractivity (Wildman–Crippen MR) is 80.5 cm³/mol. The van der Waals surface area contributed by atoms with Crippen LogP contribution in [0.15, 0.2) is 30.5 Å². The van der Waals surface area contributed by atoms with Gasteiger partial charge < -0.3 is 14.6 Å². The molecule has 0 saturated carbocycles. The maximum absolute atomic E-state index is 11.9. The van der Waals surface area contributed by atoms with E-state index in [4.69, 9.17) is 4.74 Å². The van der Waals surface area contributed by atoms with E-state index in [0.717, 1.165) is 6.54 Å². The summed E-state index contributed by atoms with van der Waals surface area (Å²) in [6, 6.07) is 8.35. The second-order valence-corrected chi connectivity index (χ2v) is 5.70. The monoisotopic (exact) mass is 274 g/mol. The largest absolute Gasteiger partial charge is 0.469 e. The summed E-state index contributed by atoms with van der Waals surface area (Å²) in [6.07, 6.45) is 2.04. The zero-order valence-electron chi connectivity index (χ0n) is 12.6. The fraction of sp³-hybridized carbons (Fsp3) is 0.438. The second-order valence-electron chi connectivity index (χ2n) is 5.70. The van der Waals surface area contributed by atoms with Gasteiger partial charge in [-0.25, -0.2) is 0 Å². The molecule has 4 heteroatoms. The zero-order valence-corrected chi connectivity index (χ0v) is 12.6. The van der Waals surface area contributed by atoms with Crippen LogP contribution in [0.3, 0.4) is 0 Å². The number of ether oxygens (including phenoxy) is 1. The number of rotatable bonds is 5. The molecule has 1 aromatic carbocycles. The third kappa shape index (κ3) is 2.70. The minimum atomic E-state index is -0.548. The van der Waals surface area contributed by atoms with Crippen LogP contribution in [0.25, 0.3) is 10.9 Å². The van der Waals surface area contributed by atoms with Gasteiger partial charge in [-0.15, -0.1) is 0 Å². The Morgan fingerprint density at radius 2 is 2.10 bits per heavy atom. The molecule has 0 spiro atoms. The number of benzene rings is 1. The summed E-state index contributed by atoms with van der Waals surface area (Å²) in [7, 11) is 3.37. The number of carbonyl (C=O) groups excluding carboxylic acids is 1. The van der Waals surface area contributed by atoms with Gasteiger partial charge in [-0.2, -0.15) is 0 Å². The number of hydrogen-bond donors (Lipinski definition) is 1. The van der Waals surface area contributed by atoms with Gasteiger partial charge in [-0.05, 0) is 37.9 Å². The van der Waals surface area contributed by atoms with Gasteiger partial charge in [-0.3, -0.25) is 4.79 Å². The van der Waals surface area contributed by atoms with Crippen molar-refractivity contribution < 1.29 is 9.53 Å². The molecule has 2 rings (SSSR count). The van der Waals surface area contributed by atoms with Crippen molar-refractivity contribution in [2.45, 2.75) is 26.9 Å². The molecule has 1 aromatic heterocycles. The molecular formula is C16H22N2O2. The van der Waals surface area contributed by atoms with Crippen molar-refractivity contribution in [3.05, 3.63) is 36.0 Å². The summed E-state index contributed by atoms with van der Waals surface area (Å²) in [5.41, 5.74) is 1.86. The third-order valence-corrected chi connectivity index (χ3v) is 3.54. The fourth-order valence-electron chi connectivity index (χ4n) is 2.57. The van der Waals surface area contributed by atoms with Gasteiger partial charge in [0.15, 0.2) is 0 Å². The molecule has 1 heterocycles. The maximum atomic E-state index is 11.9. The summed E-state index contributed by atoms with van der Waals surface area (Å²) < 4.78 is 7.03. The van der Waals surface area contributed by atoms with Gasteiger partial charge in [0.05, 0.1) is 18.0 Å². The molecule has 0 fully saturated rings. The van der Waals surface area contributed by atoms with E-state index in [1.807, 2.05) is 27.1 Å². The summed E-state index contributed by atoms with van der Waals surface area (Å²) in [4.78, 5) is 11.9. The first kappa shape index (κ1) is 14.6. The number of carbonyl (C=O) groups is 1. The Kier molecular flexibility index (Phi) is 4.14. The van der Waals surface area contributed by atoms with Crippen molar-refractivity contribution in [2.24, 2.45) is 5.41 Å². The number of esters is 1. The van der Waals surface area contributed by atoms with Crippen LogP contribution in [0.5, 0.6) is 0 Å². The van der Waals surface area contributed by atoms with E-state index in [2.05, 4.69) is 34.1 Å². The highest BCUT2D eigenvalue weighted by Gasteiger charge is 2.29. The van der Waals surface area contributed by atoms with Crippen LogP contribution in [0.2, 0.25) is 0 Å². The van der Waals surface area contributed by atoms with Crippen molar-refractivity contribution in [3.8, 4) is 0 Å². The highest BCUT2D eigenvalue weighted by atomic mass is 16.5. The number of fused-ring (bicyclic) bond motifs is 1. The zero-order chi connectivity index (χ0) is 14.8. The van der Waals surface area contributed by atoms with Crippen LogP contribution in [0.1, 0.15) is 19.4 Å². The first-order valence-electron chi connectivity index (χ1n) is 6.79. The summed E-state index contributed by atoms with van der Waals surface area (Å²) in [5, 5.41) is 4.38. The Morgan fingerprint density at radius 3 is 2.75 bits per heavy atom. The normalized spacial score (nSPS) is 11.8. The highest BCUT2D eigenvalue weighted by Crippen LogP contribution is 2.26. The molecule has 2 aromatic rings. The van der Waals surface area contributed by atoms with E-state index in [9.17, 15) is 4.79 Å². The molecule has 0 atom stereocenters. The Morgan fingerprint density at radius 1 is 1.35 bits per heavy atom. The van der Waals surface area contributed by atoms with Crippen LogP contribution in [-0.4, -0.2) is 24.7 Å². The molecule has 0 amide bonds. The van der Waals surface area contributed by atoms with E-state index in [1.165, 1.54) is 23.6 Å². The molecule has 108 valence electrons. The van der Waals surface area contributed by atoms with Crippen LogP contribution >= 0.6 is 0 Å². The quantitative estimate of drug-likeness (QED) is 0.852. The molecule has 0 bridgehead atoms. The van der Waals surface area contributed by atoms with E-state index in [1.54, 1.807) is 0 Å². The molecule has 0 aliphatic rings. The Labute approximate surface area is 119 Å². The SMILES string of the molecule is CNCc1cccc2ccn(CC(C)(C)C(=O)OC)c12. The van der Waals surface area contributed by atoms with Gasteiger partial charge in [0.2, 0.25) is 0 Å². The minimum absolute atomic E-state index is 0.189. The summed E-state index contributed by atoms with van der Waals surface area (Å²) in [5.74, 6) is -0.189. The number of methoxy groups -OCH3 is 1. The first-order chi connectivity index (χ1) is 9.49. The van der Waals surface area contributed by atoms with Gasteiger partial charge in [0.25, 0.3) is 0 Å². The average Bonchev–Trinajstić information content (AvgIpc) is 2.82. The van der Waals surface area contributed by atoms with E-state index >= 15 is 0 Å². The summed E-state index contributed by atoms with van der Waals surface area (Å²) in [6.45, 7) is 5.22. The van der Waals surface area contributed by atoms with Crippen molar-refractivity contribution >= 4 is 16.9 Å². The Bertz CT molecular complexity index is 614. The molecule has 1 N–H and O–H groups in total. The topological polar surface area (TPSA) is 43.3 Å². The molecule has 20 heavy (non-hydrogen) atoms. The lowest BCUT2D eigenvalue weighted by Gasteiger charge is -2.23.